The van der Waals surface area contributed by atoms with Crippen LogP contribution in [0.15, 0.2) is 0 Å². The van der Waals surface area contributed by atoms with E-state index in [2.05, 4.69) is 4.90 Å². The molecule has 2 rings (SSSR count). The number of carbonyl (C=O) groups excluding carboxylic acids is 1. The van der Waals surface area contributed by atoms with E-state index < -0.39 is 0 Å². The highest BCUT2D eigenvalue weighted by molar-refractivity contribution is 5.66. The minimum absolute atomic E-state index is 0.147. The van der Waals surface area contributed by atoms with E-state index in [0.717, 1.165) is 38.8 Å². The first kappa shape index (κ1) is 13.6. The lowest BCUT2D eigenvalue weighted by Gasteiger charge is -2.28. The van der Waals surface area contributed by atoms with Gasteiger partial charge in [-0.3, -0.25) is 4.90 Å². The molecule has 1 aliphatic carbocycles. The Labute approximate surface area is 109 Å². The number of likely N-dealkylation sites (tertiary alicyclic amines) is 1. The van der Waals surface area contributed by atoms with Crippen molar-refractivity contribution in [2.75, 3.05) is 40.4 Å². The number of aliphatic hydroxyl groups is 1. The lowest BCUT2D eigenvalue weighted by molar-refractivity contribution is 0.0736. The van der Waals surface area contributed by atoms with Crippen molar-refractivity contribution in [2.45, 2.75) is 31.7 Å². The highest BCUT2D eigenvalue weighted by atomic mass is 16.6. The number of rotatable bonds is 5. The first-order chi connectivity index (χ1) is 8.56. The third-order valence-electron chi connectivity index (χ3n) is 4.09. The molecule has 0 unspecified atom stereocenters. The van der Waals surface area contributed by atoms with E-state index in [4.69, 9.17) is 4.74 Å². The molecule has 0 radical (unpaired) electrons. The van der Waals surface area contributed by atoms with Crippen LogP contribution in [0.3, 0.4) is 0 Å². The maximum Gasteiger partial charge on any atom is 0.409 e. The van der Waals surface area contributed by atoms with Crippen LogP contribution in [0.25, 0.3) is 0 Å². The molecule has 5 heteroatoms. The highest BCUT2D eigenvalue weighted by Crippen LogP contribution is 2.46. The SMILES string of the molecule is CN(C)C(=O)OC[C@@H]1CCCN1CC1(CO)CC1. The molecule has 1 atom stereocenters. The van der Waals surface area contributed by atoms with Crippen molar-refractivity contribution in [1.82, 2.24) is 9.80 Å². The monoisotopic (exact) mass is 256 g/mol. The van der Waals surface area contributed by atoms with Gasteiger partial charge in [0.2, 0.25) is 0 Å². The molecule has 2 aliphatic rings. The predicted octanol–water partition coefficient (Wildman–Crippen LogP) is 0.921. The summed E-state index contributed by atoms with van der Waals surface area (Å²) >= 11 is 0. The number of nitrogens with zero attached hydrogens (tertiary/aromatic N) is 2. The Balaban J connectivity index is 1.79. The zero-order valence-electron chi connectivity index (χ0n) is 11.4. The molecule has 0 aromatic carbocycles. The van der Waals surface area contributed by atoms with Crippen molar-refractivity contribution < 1.29 is 14.6 Å². The van der Waals surface area contributed by atoms with Crippen LogP contribution in [0.5, 0.6) is 0 Å². The van der Waals surface area contributed by atoms with E-state index >= 15 is 0 Å². The smallest absolute Gasteiger partial charge is 0.409 e. The molecule has 0 spiro atoms. The van der Waals surface area contributed by atoms with Gasteiger partial charge < -0.3 is 14.7 Å². The number of hydrogen-bond donors (Lipinski definition) is 1. The fourth-order valence-electron chi connectivity index (χ4n) is 2.56. The zero-order valence-corrected chi connectivity index (χ0v) is 11.4. The molecule has 1 saturated carbocycles. The maximum atomic E-state index is 11.4. The van der Waals surface area contributed by atoms with Gasteiger partial charge in [-0.2, -0.15) is 0 Å². The quantitative estimate of drug-likeness (QED) is 0.795. The van der Waals surface area contributed by atoms with Crippen molar-refractivity contribution in [3.63, 3.8) is 0 Å². The Bertz CT molecular complexity index is 303. The largest absolute Gasteiger partial charge is 0.448 e. The average Bonchev–Trinajstić information content (AvgIpc) is 2.99. The van der Waals surface area contributed by atoms with Gasteiger partial charge in [0.25, 0.3) is 0 Å². The molecular weight excluding hydrogens is 232 g/mol. The maximum absolute atomic E-state index is 11.4. The lowest BCUT2D eigenvalue weighted by Crippen LogP contribution is -2.39. The summed E-state index contributed by atoms with van der Waals surface area (Å²) in [5, 5.41) is 9.38. The fraction of sp³-hybridized carbons (Fsp3) is 0.923. The van der Waals surface area contributed by atoms with Gasteiger partial charge in [-0.15, -0.1) is 0 Å². The van der Waals surface area contributed by atoms with Gasteiger partial charge in [0.15, 0.2) is 0 Å². The van der Waals surface area contributed by atoms with Crippen LogP contribution in [0.4, 0.5) is 4.79 Å². The van der Waals surface area contributed by atoms with Gasteiger partial charge in [-0.05, 0) is 32.2 Å². The number of amides is 1. The minimum Gasteiger partial charge on any atom is -0.448 e. The summed E-state index contributed by atoms with van der Waals surface area (Å²) in [6.45, 7) is 2.77. The van der Waals surface area contributed by atoms with Crippen molar-refractivity contribution in [1.29, 1.82) is 0 Å². The van der Waals surface area contributed by atoms with Crippen LogP contribution in [0.1, 0.15) is 25.7 Å². The van der Waals surface area contributed by atoms with Gasteiger partial charge in [0, 0.05) is 38.7 Å². The third kappa shape index (κ3) is 3.14. The highest BCUT2D eigenvalue weighted by Gasteiger charge is 2.45. The summed E-state index contributed by atoms with van der Waals surface area (Å²) in [6, 6.07) is 0.331. The lowest BCUT2D eigenvalue weighted by atomic mass is 10.1. The van der Waals surface area contributed by atoms with E-state index in [0.29, 0.717) is 12.6 Å². The molecule has 18 heavy (non-hydrogen) atoms. The normalized spacial score (nSPS) is 26.1. The van der Waals surface area contributed by atoms with Crippen LogP contribution in [-0.2, 0) is 4.74 Å². The standard InChI is InChI=1S/C13H24N2O3/c1-14(2)12(17)18-8-11-4-3-7-15(11)9-13(10-16)5-6-13/h11,16H,3-10H2,1-2H3/t11-/m0/s1. The topological polar surface area (TPSA) is 53.0 Å². The van der Waals surface area contributed by atoms with Gasteiger partial charge in [-0.25, -0.2) is 4.79 Å². The minimum atomic E-state index is -0.273. The van der Waals surface area contributed by atoms with E-state index in [1.165, 1.54) is 4.90 Å². The van der Waals surface area contributed by atoms with Crippen molar-refractivity contribution in [3.8, 4) is 0 Å². The van der Waals surface area contributed by atoms with Crippen LogP contribution >= 0.6 is 0 Å². The van der Waals surface area contributed by atoms with E-state index in [9.17, 15) is 9.90 Å². The van der Waals surface area contributed by atoms with Crippen LogP contribution in [0, 0.1) is 5.41 Å². The first-order valence-corrected chi connectivity index (χ1v) is 6.75. The van der Waals surface area contributed by atoms with Gasteiger partial charge in [0.1, 0.15) is 6.61 Å². The summed E-state index contributed by atoms with van der Waals surface area (Å²) in [5.74, 6) is 0. The molecule has 0 aromatic heterocycles. The molecule has 5 nitrogen and oxygen atoms in total. The molecule has 1 aliphatic heterocycles. The molecule has 104 valence electrons. The molecule has 0 bridgehead atoms. The van der Waals surface area contributed by atoms with Crippen molar-refractivity contribution >= 4 is 6.09 Å². The number of hydrogen-bond acceptors (Lipinski definition) is 4. The van der Waals surface area contributed by atoms with Gasteiger partial charge in [0.05, 0.1) is 0 Å². The Morgan fingerprint density at radius 2 is 2.22 bits per heavy atom. The second-order valence-corrected chi connectivity index (χ2v) is 5.90. The third-order valence-corrected chi connectivity index (χ3v) is 4.09. The van der Waals surface area contributed by atoms with Crippen LogP contribution < -0.4 is 0 Å². The zero-order chi connectivity index (χ0) is 13.2. The number of aliphatic hydroxyl groups excluding tert-OH is 1. The molecule has 1 amide bonds. The van der Waals surface area contributed by atoms with Gasteiger partial charge >= 0.3 is 6.09 Å². The van der Waals surface area contributed by atoms with E-state index in [1.54, 1.807) is 14.1 Å². The van der Waals surface area contributed by atoms with Crippen molar-refractivity contribution in [2.24, 2.45) is 5.41 Å². The molecule has 1 heterocycles. The molecular formula is C13H24N2O3. The Kier molecular flexibility index (Phi) is 4.12. The second-order valence-electron chi connectivity index (χ2n) is 5.90. The van der Waals surface area contributed by atoms with Crippen LogP contribution in [0.2, 0.25) is 0 Å². The Morgan fingerprint density at radius 3 is 2.78 bits per heavy atom. The molecule has 0 aromatic rings. The predicted molar refractivity (Wildman–Crippen MR) is 68.4 cm³/mol. The van der Waals surface area contributed by atoms with Gasteiger partial charge in [-0.1, -0.05) is 0 Å². The second kappa shape index (κ2) is 5.45. The number of carbonyl (C=O) groups is 1. The van der Waals surface area contributed by atoms with E-state index in [1.807, 2.05) is 0 Å². The van der Waals surface area contributed by atoms with Crippen LogP contribution in [-0.4, -0.2) is 67.4 Å². The molecule has 1 saturated heterocycles. The average molecular weight is 256 g/mol. The number of ether oxygens (including phenoxy) is 1. The summed E-state index contributed by atoms with van der Waals surface area (Å²) in [6.07, 6.45) is 4.23. The summed E-state index contributed by atoms with van der Waals surface area (Å²) < 4.78 is 5.27. The fourth-order valence-corrected chi connectivity index (χ4v) is 2.56. The Hall–Kier alpha value is -0.810. The first-order valence-electron chi connectivity index (χ1n) is 6.75. The Morgan fingerprint density at radius 1 is 1.50 bits per heavy atom. The summed E-state index contributed by atoms with van der Waals surface area (Å²) in [5.41, 5.74) is 0.147. The summed E-state index contributed by atoms with van der Waals surface area (Å²) in [4.78, 5) is 15.2. The van der Waals surface area contributed by atoms with Crippen molar-refractivity contribution in [3.05, 3.63) is 0 Å². The summed E-state index contributed by atoms with van der Waals surface area (Å²) in [7, 11) is 3.39. The van der Waals surface area contributed by atoms with E-state index in [-0.39, 0.29) is 18.1 Å². The molecule has 1 N–H and O–H groups in total. The molecule has 2 fully saturated rings.